The second-order valence-electron chi connectivity index (χ2n) is 4.74. The number of benzene rings is 1. The van der Waals surface area contributed by atoms with Crippen LogP contribution in [-0.2, 0) is 0 Å². The van der Waals surface area contributed by atoms with Crippen LogP contribution in [0.2, 0.25) is 0 Å². The fourth-order valence-corrected chi connectivity index (χ4v) is 1.97. The summed E-state index contributed by atoms with van der Waals surface area (Å²) in [6, 6.07) is 6.99. The SMILES string of the molecule is CCC(=O)c1cccc(-c2cnn(C(C)C)c2F)c1. The van der Waals surface area contributed by atoms with E-state index in [1.165, 1.54) is 10.9 Å². The van der Waals surface area contributed by atoms with E-state index >= 15 is 0 Å². The van der Waals surface area contributed by atoms with Crippen molar-refractivity contribution >= 4 is 5.78 Å². The molecule has 0 unspecified atom stereocenters. The summed E-state index contributed by atoms with van der Waals surface area (Å²) in [5.41, 5.74) is 1.72. The van der Waals surface area contributed by atoms with Crippen LogP contribution in [-0.4, -0.2) is 15.6 Å². The second kappa shape index (κ2) is 5.34. The van der Waals surface area contributed by atoms with Crippen molar-refractivity contribution in [2.24, 2.45) is 0 Å². The number of Topliss-reactive ketones (excluding diaryl/α,β-unsaturated/α-hetero) is 1. The van der Waals surface area contributed by atoms with E-state index in [2.05, 4.69) is 5.10 Å². The molecule has 0 fully saturated rings. The minimum Gasteiger partial charge on any atom is -0.294 e. The molecule has 1 aromatic heterocycles. The van der Waals surface area contributed by atoms with Gasteiger partial charge in [0.25, 0.3) is 0 Å². The number of carbonyl (C=O) groups excluding carboxylic acids is 1. The fourth-order valence-electron chi connectivity index (χ4n) is 1.97. The van der Waals surface area contributed by atoms with Crippen molar-refractivity contribution < 1.29 is 9.18 Å². The Labute approximate surface area is 112 Å². The number of rotatable bonds is 4. The highest BCUT2D eigenvalue weighted by Crippen LogP contribution is 2.25. The van der Waals surface area contributed by atoms with Crippen molar-refractivity contribution in [1.29, 1.82) is 0 Å². The van der Waals surface area contributed by atoms with Gasteiger partial charge in [0.15, 0.2) is 5.78 Å². The quantitative estimate of drug-likeness (QED) is 0.782. The summed E-state index contributed by atoms with van der Waals surface area (Å²) in [6.07, 6.45) is 1.95. The highest BCUT2D eigenvalue weighted by molar-refractivity contribution is 5.96. The van der Waals surface area contributed by atoms with Gasteiger partial charge in [-0.1, -0.05) is 25.1 Å². The van der Waals surface area contributed by atoms with Crippen molar-refractivity contribution in [1.82, 2.24) is 9.78 Å². The molecule has 0 aliphatic rings. The summed E-state index contributed by atoms with van der Waals surface area (Å²) in [5, 5.41) is 4.04. The van der Waals surface area contributed by atoms with Gasteiger partial charge in [0.1, 0.15) is 0 Å². The number of carbonyl (C=O) groups is 1. The average molecular weight is 260 g/mol. The predicted molar refractivity (Wildman–Crippen MR) is 72.6 cm³/mol. The standard InChI is InChI=1S/C15H17FN2O/c1-4-14(19)12-7-5-6-11(8-12)13-9-17-18(10(2)3)15(13)16/h5-10H,4H2,1-3H3. The largest absolute Gasteiger partial charge is 0.294 e. The van der Waals surface area contributed by atoms with Gasteiger partial charge in [-0.3, -0.25) is 4.79 Å². The molecule has 1 heterocycles. The van der Waals surface area contributed by atoms with Crippen LogP contribution in [0.5, 0.6) is 0 Å². The van der Waals surface area contributed by atoms with Crippen molar-refractivity contribution in [3.63, 3.8) is 0 Å². The average Bonchev–Trinajstić information content (AvgIpc) is 2.80. The maximum atomic E-state index is 14.2. The highest BCUT2D eigenvalue weighted by atomic mass is 19.1. The smallest absolute Gasteiger partial charge is 0.219 e. The molecule has 3 nitrogen and oxygen atoms in total. The number of halogens is 1. The van der Waals surface area contributed by atoms with Crippen molar-refractivity contribution in [3.05, 3.63) is 42.0 Å². The summed E-state index contributed by atoms with van der Waals surface area (Å²) in [7, 11) is 0. The Morgan fingerprint density at radius 2 is 2.16 bits per heavy atom. The summed E-state index contributed by atoms with van der Waals surface area (Å²) in [4.78, 5) is 11.7. The van der Waals surface area contributed by atoms with E-state index in [9.17, 15) is 9.18 Å². The molecule has 0 aliphatic heterocycles. The zero-order valence-electron chi connectivity index (χ0n) is 11.4. The van der Waals surface area contributed by atoms with Crippen LogP contribution in [0.1, 0.15) is 43.6 Å². The highest BCUT2D eigenvalue weighted by Gasteiger charge is 2.15. The van der Waals surface area contributed by atoms with Gasteiger partial charge < -0.3 is 0 Å². The van der Waals surface area contributed by atoms with Gasteiger partial charge in [0.2, 0.25) is 5.95 Å². The Hall–Kier alpha value is -1.97. The summed E-state index contributed by atoms with van der Waals surface area (Å²) >= 11 is 0. The second-order valence-corrected chi connectivity index (χ2v) is 4.74. The van der Waals surface area contributed by atoms with Gasteiger partial charge >= 0.3 is 0 Å². The first kappa shape index (κ1) is 13.5. The van der Waals surface area contributed by atoms with Crippen LogP contribution in [0, 0.1) is 5.95 Å². The molecule has 19 heavy (non-hydrogen) atoms. The maximum Gasteiger partial charge on any atom is 0.219 e. The molecule has 0 N–H and O–H groups in total. The third kappa shape index (κ3) is 2.57. The summed E-state index contributed by atoms with van der Waals surface area (Å²) < 4.78 is 15.5. The molecule has 4 heteroatoms. The van der Waals surface area contributed by atoms with Crippen LogP contribution in [0.15, 0.2) is 30.5 Å². The molecule has 0 spiro atoms. The third-order valence-corrected chi connectivity index (χ3v) is 3.04. The zero-order chi connectivity index (χ0) is 14.0. The molecule has 2 aromatic rings. The number of hydrogen-bond donors (Lipinski definition) is 0. The third-order valence-electron chi connectivity index (χ3n) is 3.04. The molecule has 0 atom stereocenters. The molecule has 1 aromatic carbocycles. The lowest BCUT2D eigenvalue weighted by molar-refractivity contribution is 0.0988. The van der Waals surface area contributed by atoms with Crippen molar-refractivity contribution in [2.45, 2.75) is 33.2 Å². The van der Waals surface area contributed by atoms with Gasteiger partial charge in [0.05, 0.1) is 11.8 Å². The first-order chi connectivity index (χ1) is 9.04. The Kier molecular flexibility index (Phi) is 3.79. The molecule has 0 saturated carbocycles. The first-order valence-corrected chi connectivity index (χ1v) is 6.41. The molecular weight excluding hydrogens is 243 g/mol. The summed E-state index contributed by atoms with van der Waals surface area (Å²) in [5.74, 6) is -0.311. The van der Waals surface area contributed by atoms with Crippen LogP contribution in [0.25, 0.3) is 11.1 Å². The normalized spacial score (nSPS) is 11.0. The van der Waals surface area contributed by atoms with E-state index in [-0.39, 0.29) is 17.8 Å². The van der Waals surface area contributed by atoms with E-state index < -0.39 is 0 Å². The molecule has 0 bridgehead atoms. The van der Waals surface area contributed by atoms with Gasteiger partial charge in [-0.25, -0.2) is 4.68 Å². The molecule has 0 radical (unpaired) electrons. The van der Waals surface area contributed by atoms with Crippen LogP contribution in [0.4, 0.5) is 4.39 Å². The van der Waals surface area contributed by atoms with Gasteiger partial charge in [-0.05, 0) is 25.5 Å². The Morgan fingerprint density at radius 3 is 2.74 bits per heavy atom. The minimum atomic E-state index is -0.365. The Balaban J connectivity index is 2.45. The van der Waals surface area contributed by atoms with Crippen LogP contribution >= 0.6 is 0 Å². The molecule has 0 saturated heterocycles. The Morgan fingerprint density at radius 1 is 1.42 bits per heavy atom. The predicted octanol–water partition coefficient (Wildman–Crippen LogP) is 3.86. The first-order valence-electron chi connectivity index (χ1n) is 6.41. The van der Waals surface area contributed by atoms with E-state index in [0.29, 0.717) is 23.1 Å². The molecule has 0 aliphatic carbocycles. The topological polar surface area (TPSA) is 34.9 Å². The van der Waals surface area contributed by atoms with Gasteiger partial charge in [-0.15, -0.1) is 0 Å². The number of hydrogen-bond acceptors (Lipinski definition) is 2. The van der Waals surface area contributed by atoms with E-state index in [1.54, 1.807) is 24.3 Å². The van der Waals surface area contributed by atoms with E-state index in [0.717, 1.165) is 0 Å². The van der Waals surface area contributed by atoms with E-state index in [4.69, 9.17) is 0 Å². The molecular formula is C15H17FN2O. The number of ketones is 1. The number of nitrogens with zero attached hydrogens (tertiary/aromatic N) is 2. The van der Waals surface area contributed by atoms with Crippen LogP contribution < -0.4 is 0 Å². The lowest BCUT2D eigenvalue weighted by atomic mass is 10.0. The Bertz CT molecular complexity index is 602. The van der Waals surface area contributed by atoms with E-state index in [1.807, 2.05) is 20.8 Å². The minimum absolute atomic E-state index is 0.0331. The lowest BCUT2D eigenvalue weighted by Gasteiger charge is -2.06. The number of aromatic nitrogens is 2. The summed E-state index contributed by atoms with van der Waals surface area (Å²) in [6.45, 7) is 5.56. The monoisotopic (exact) mass is 260 g/mol. The van der Waals surface area contributed by atoms with Gasteiger partial charge in [-0.2, -0.15) is 9.49 Å². The molecule has 0 amide bonds. The van der Waals surface area contributed by atoms with Crippen molar-refractivity contribution in [2.75, 3.05) is 0 Å². The van der Waals surface area contributed by atoms with Crippen LogP contribution in [0.3, 0.4) is 0 Å². The lowest BCUT2D eigenvalue weighted by Crippen LogP contribution is -2.05. The fraction of sp³-hybridized carbons (Fsp3) is 0.333. The molecule has 100 valence electrons. The maximum absolute atomic E-state index is 14.2. The zero-order valence-corrected chi connectivity index (χ0v) is 11.4. The molecule has 2 rings (SSSR count). The van der Waals surface area contributed by atoms with Crippen molar-refractivity contribution in [3.8, 4) is 11.1 Å². The van der Waals surface area contributed by atoms with Gasteiger partial charge in [0, 0.05) is 18.0 Å².